The quantitative estimate of drug-likeness (QED) is 0.219. The van der Waals surface area contributed by atoms with Gasteiger partial charge in [-0.2, -0.15) is 0 Å². The van der Waals surface area contributed by atoms with Gasteiger partial charge in [0.15, 0.2) is 5.82 Å². The van der Waals surface area contributed by atoms with Gasteiger partial charge < -0.3 is 4.42 Å². The van der Waals surface area contributed by atoms with Crippen molar-refractivity contribution in [1.82, 2.24) is 15.0 Å². The fourth-order valence-electron chi connectivity index (χ4n) is 4.15. The van der Waals surface area contributed by atoms with Crippen LogP contribution in [-0.2, 0) is 0 Å². The molecule has 0 bridgehead atoms. The maximum absolute atomic E-state index is 5.84. The third kappa shape index (κ3) is 4.98. The first-order chi connectivity index (χ1) is 18.4. The second-order valence-electron chi connectivity index (χ2n) is 8.16. The van der Waals surface area contributed by atoms with Crippen LogP contribution in [-0.4, -0.2) is 15.0 Å². The molecule has 8 rings (SSSR count). The van der Waals surface area contributed by atoms with Crippen LogP contribution in [0.2, 0.25) is 0 Å². The Bertz CT molecular complexity index is 1780. The van der Waals surface area contributed by atoms with Gasteiger partial charge in [-0.15, -0.1) is 22.7 Å². The maximum atomic E-state index is 5.84. The van der Waals surface area contributed by atoms with Crippen LogP contribution >= 0.6 is 22.7 Å². The number of aromatic nitrogens is 3. The number of fused-ring (bicyclic) bond motifs is 5. The van der Waals surface area contributed by atoms with Crippen LogP contribution in [0.25, 0.3) is 53.5 Å². The van der Waals surface area contributed by atoms with Gasteiger partial charge in [-0.3, -0.25) is 0 Å². The van der Waals surface area contributed by atoms with Crippen molar-refractivity contribution < 1.29 is 4.42 Å². The molecule has 4 aromatic heterocycles. The molecule has 0 radical (unpaired) electrons. The Morgan fingerprint density at radius 2 is 1.14 bits per heavy atom. The van der Waals surface area contributed by atoms with Crippen LogP contribution in [0.15, 0.2) is 131 Å². The van der Waals surface area contributed by atoms with E-state index in [9.17, 15) is 0 Å². The van der Waals surface area contributed by atoms with Crippen molar-refractivity contribution in [3.63, 3.8) is 0 Å². The summed E-state index contributed by atoms with van der Waals surface area (Å²) in [4.78, 5) is 12.3. The van der Waals surface area contributed by atoms with Gasteiger partial charge in [-0.05, 0) is 57.9 Å². The lowest BCUT2D eigenvalue weighted by molar-refractivity contribution is 0.669. The molecule has 178 valence electrons. The first-order valence-corrected chi connectivity index (χ1v) is 13.5. The Morgan fingerprint density at radius 1 is 0.541 bits per heavy atom. The predicted octanol–water partition coefficient (Wildman–Crippen LogP) is 9.24. The van der Waals surface area contributed by atoms with E-state index in [1.807, 2.05) is 42.5 Å². The van der Waals surface area contributed by atoms with E-state index in [4.69, 9.17) is 4.42 Å². The van der Waals surface area contributed by atoms with E-state index in [1.165, 1.54) is 32.8 Å². The first kappa shape index (κ1) is 23.0. The Morgan fingerprint density at radius 3 is 1.81 bits per heavy atom. The molecule has 0 aliphatic heterocycles. The van der Waals surface area contributed by atoms with Gasteiger partial charge in [0.25, 0.3) is 0 Å². The van der Waals surface area contributed by atoms with E-state index in [0.717, 1.165) is 27.5 Å². The van der Waals surface area contributed by atoms with Crippen molar-refractivity contribution in [1.29, 1.82) is 0 Å². The fourth-order valence-corrected chi connectivity index (χ4v) is 5.73. The highest BCUT2D eigenvalue weighted by Gasteiger charge is 2.12. The molecule has 4 heterocycles. The lowest BCUT2D eigenvalue weighted by Gasteiger charge is -2.00. The highest BCUT2D eigenvalue weighted by atomic mass is 32.1. The van der Waals surface area contributed by atoms with Gasteiger partial charge >= 0.3 is 0 Å². The van der Waals surface area contributed by atoms with Crippen molar-refractivity contribution in [3.8, 4) is 11.4 Å². The third-order valence-electron chi connectivity index (χ3n) is 5.86. The van der Waals surface area contributed by atoms with Crippen molar-refractivity contribution >= 4 is 64.8 Å². The van der Waals surface area contributed by atoms with Crippen molar-refractivity contribution in [2.24, 2.45) is 0 Å². The molecule has 0 saturated carbocycles. The summed E-state index contributed by atoms with van der Waals surface area (Å²) < 4.78 is 8.59. The maximum Gasteiger partial charge on any atom is 0.163 e. The zero-order valence-electron chi connectivity index (χ0n) is 19.7. The first-order valence-electron chi connectivity index (χ1n) is 11.7. The van der Waals surface area contributed by atoms with Gasteiger partial charge in [0.05, 0.1) is 0 Å². The largest absolute Gasteiger partial charge is 0.456 e. The monoisotopic (exact) mass is 515 g/mol. The topological polar surface area (TPSA) is 51.8 Å². The molecular formula is C31H21N3OS2. The molecular weight excluding hydrogens is 494 g/mol. The number of benzene rings is 4. The highest BCUT2D eigenvalue weighted by Crippen LogP contribution is 2.34. The van der Waals surface area contributed by atoms with E-state index in [0.29, 0.717) is 5.82 Å². The van der Waals surface area contributed by atoms with Crippen LogP contribution < -0.4 is 0 Å². The molecule has 37 heavy (non-hydrogen) atoms. The SMILES string of the molecule is c1ccc2c(c1)oc1cccc(-c3ncncn3)c12.c1ccc2sccc2c1.c1ccc2sccc2c1. The number of rotatable bonds is 1. The van der Waals surface area contributed by atoms with Crippen molar-refractivity contribution in [3.05, 3.63) is 127 Å². The smallest absolute Gasteiger partial charge is 0.163 e. The Labute approximate surface area is 221 Å². The van der Waals surface area contributed by atoms with E-state index in [1.54, 1.807) is 22.7 Å². The number of hydrogen-bond acceptors (Lipinski definition) is 6. The van der Waals surface area contributed by atoms with Gasteiger partial charge in [0.2, 0.25) is 0 Å². The molecule has 0 unspecified atom stereocenters. The van der Waals surface area contributed by atoms with E-state index in [-0.39, 0.29) is 0 Å². The molecule has 4 nitrogen and oxygen atoms in total. The number of para-hydroxylation sites is 1. The van der Waals surface area contributed by atoms with Gasteiger partial charge in [-0.25, -0.2) is 15.0 Å². The molecule has 0 saturated heterocycles. The summed E-state index contributed by atoms with van der Waals surface area (Å²) in [7, 11) is 0. The lowest BCUT2D eigenvalue weighted by Crippen LogP contribution is -1.89. The summed E-state index contributed by atoms with van der Waals surface area (Å²) in [6.45, 7) is 0. The summed E-state index contributed by atoms with van der Waals surface area (Å²) in [6.07, 6.45) is 3.01. The molecule has 0 atom stereocenters. The van der Waals surface area contributed by atoms with Crippen LogP contribution in [0.5, 0.6) is 0 Å². The Balaban J connectivity index is 0.000000116. The van der Waals surface area contributed by atoms with Gasteiger partial charge in [0, 0.05) is 25.7 Å². The number of thiophene rings is 2. The van der Waals surface area contributed by atoms with Crippen LogP contribution in [0.1, 0.15) is 0 Å². The van der Waals surface area contributed by atoms with Crippen molar-refractivity contribution in [2.75, 3.05) is 0 Å². The van der Waals surface area contributed by atoms with Crippen LogP contribution in [0.3, 0.4) is 0 Å². The summed E-state index contributed by atoms with van der Waals surface area (Å²) in [5, 5.41) is 9.05. The molecule has 0 amide bonds. The third-order valence-corrected chi connectivity index (χ3v) is 7.66. The zero-order chi connectivity index (χ0) is 24.9. The number of hydrogen-bond donors (Lipinski definition) is 0. The average Bonchev–Trinajstić information content (AvgIpc) is 3.72. The molecule has 4 aromatic carbocycles. The van der Waals surface area contributed by atoms with E-state index in [2.05, 4.69) is 86.4 Å². The Hall–Kier alpha value is -4.39. The Kier molecular flexibility index (Phi) is 6.66. The second-order valence-corrected chi connectivity index (χ2v) is 10.1. The van der Waals surface area contributed by atoms with Crippen LogP contribution in [0, 0.1) is 0 Å². The highest BCUT2D eigenvalue weighted by molar-refractivity contribution is 7.17. The molecule has 8 aromatic rings. The number of nitrogens with zero attached hydrogens (tertiary/aromatic N) is 3. The van der Waals surface area contributed by atoms with Gasteiger partial charge in [-0.1, -0.05) is 66.7 Å². The molecule has 0 aliphatic rings. The summed E-state index contributed by atoms with van der Waals surface area (Å²) >= 11 is 3.57. The second kappa shape index (κ2) is 10.7. The lowest BCUT2D eigenvalue weighted by atomic mass is 10.1. The fraction of sp³-hybridized carbons (Fsp3) is 0. The minimum atomic E-state index is 0.659. The standard InChI is InChI=1S/C15H9N3O.2C8H6S/c1-2-6-12-10(4-1)14-11(5-3-7-13(14)19-12)15-17-8-16-9-18-15;2*1-2-4-8-7(3-1)5-6-9-8/h1-9H;2*1-6H. The molecule has 0 spiro atoms. The minimum absolute atomic E-state index is 0.659. The number of furan rings is 1. The summed E-state index contributed by atoms with van der Waals surface area (Å²) in [6, 6.07) is 35.0. The summed E-state index contributed by atoms with van der Waals surface area (Å²) in [5.41, 5.74) is 2.68. The predicted molar refractivity (Wildman–Crippen MR) is 156 cm³/mol. The normalized spacial score (nSPS) is 10.7. The van der Waals surface area contributed by atoms with E-state index < -0.39 is 0 Å². The van der Waals surface area contributed by atoms with Crippen LogP contribution in [0.4, 0.5) is 0 Å². The minimum Gasteiger partial charge on any atom is -0.456 e. The van der Waals surface area contributed by atoms with Gasteiger partial charge in [0.1, 0.15) is 23.8 Å². The molecule has 6 heteroatoms. The molecule has 0 N–H and O–H groups in total. The average molecular weight is 516 g/mol. The molecule has 0 aliphatic carbocycles. The zero-order valence-corrected chi connectivity index (χ0v) is 21.3. The van der Waals surface area contributed by atoms with E-state index >= 15 is 0 Å². The molecule has 0 fully saturated rings. The summed E-state index contributed by atoms with van der Waals surface area (Å²) in [5.74, 6) is 0.659. The van der Waals surface area contributed by atoms with Crippen molar-refractivity contribution in [2.45, 2.75) is 0 Å².